The summed E-state index contributed by atoms with van der Waals surface area (Å²) in [5, 5.41) is 0.620. The molecule has 128 valence electrons. The summed E-state index contributed by atoms with van der Waals surface area (Å²) in [7, 11) is -3.32. The SMILES string of the molecule is O=S(=O)(Cc1ccc(Cl)cc1)N1CCCCC(c2ccccc2)C1. The van der Waals surface area contributed by atoms with Gasteiger partial charge in [0.05, 0.1) is 5.75 Å². The van der Waals surface area contributed by atoms with Crippen LogP contribution in [0.4, 0.5) is 0 Å². The number of nitrogens with zero attached hydrogens (tertiary/aromatic N) is 1. The van der Waals surface area contributed by atoms with Crippen LogP contribution in [0, 0.1) is 0 Å². The lowest BCUT2D eigenvalue weighted by atomic mass is 9.95. The van der Waals surface area contributed by atoms with Crippen molar-refractivity contribution >= 4 is 21.6 Å². The third-order valence-electron chi connectivity index (χ3n) is 4.56. The molecule has 5 heteroatoms. The van der Waals surface area contributed by atoms with Gasteiger partial charge in [0.1, 0.15) is 0 Å². The minimum absolute atomic E-state index is 0.0334. The molecule has 1 atom stereocenters. The molecule has 0 N–H and O–H groups in total. The van der Waals surface area contributed by atoms with Crippen LogP contribution in [0.3, 0.4) is 0 Å². The molecule has 3 rings (SSSR count). The van der Waals surface area contributed by atoms with E-state index in [4.69, 9.17) is 11.6 Å². The lowest BCUT2D eigenvalue weighted by molar-refractivity contribution is 0.405. The second-order valence-electron chi connectivity index (χ2n) is 6.34. The van der Waals surface area contributed by atoms with Crippen molar-refractivity contribution in [1.82, 2.24) is 4.31 Å². The highest BCUT2D eigenvalue weighted by Gasteiger charge is 2.28. The molecule has 2 aromatic carbocycles. The van der Waals surface area contributed by atoms with E-state index in [9.17, 15) is 8.42 Å². The van der Waals surface area contributed by atoms with Gasteiger partial charge in [-0.15, -0.1) is 0 Å². The molecule has 1 aliphatic rings. The van der Waals surface area contributed by atoms with E-state index in [1.807, 2.05) is 18.2 Å². The third-order valence-corrected chi connectivity index (χ3v) is 6.63. The highest BCUT2D eigenvalue weighted by atomic mass is 35.5. The Hall–Kier alpha value is -1.36. The number of rotatable bonds is 4. The Bertz CT molecular complexity index is 760. The number of hydrogen-bond acceptors (Lipinski definition) is 2. The van der Waals surface area contributed by atoms with Crippen molar-refractivity contribution < 1.29 is 8.42 Å². The first kappa shape index (κ1) is 17.5. The highest BCUT2D eigenvalue weighted by Crippen LogP contribution is 2.28. The average molecular weight is 364 g/mol. The number of sulfonamides is 1. The van der Waals surface area contributed by atoms with Gasteiger partial charge < -0.3 is 0 Å². The Labute approximate surface area is 149 Å². The van der Waals surface area contributed by atoms with Crippen molar-refractivity contribution in [2.24, 2.45) is 0 Å². The molecule has 0 amide bonds. The minimum Gasteiger partial charge on any atom is -0.212 e. The van der Waals surface area contributed by atoms with Crippen LogP contribution in [-0.2, 0) is 15.8 Å². The van der Waals surface area contributed by atoms with E-state index in [0.29, 0.717) is 18.1 Å². The Kier molecular flexibility index (Phi) is 5.59. The van der Waals surface area contributed by atoms with Crippen molar-refractivity contribution in [3.05, 3.63) is 70.7 Å². The first-order valence-electron chi connectivity index (χ1n) is 8.32. The summed E-state index contributed by atoms with van der Waals surface area (Å²) in [5.41, 5.74) is 2.01. The first-order valence-corrected chi connectivity index (χ1v) is 10.3. The standard InChI is InChI=1S/C19H22ClNO2S/c20-19-11-9-16(10-12-19)15-24(22,23)21-13-5-4-8-18(14-21)17-6-2-1-3-7-17/h1-3,6-7,9-12,18H,4-5,8,13-15H2. The van der Waals surface area contributed by atoms with Crippen LogP contribution < -0.4 is 0 Å². The third kappa shape index (κ3) is 4.38. The molecule has 0 radical (unpaired) electrons. The molecule has 24 heavy (non-hydrogen) atoms. The Morgan fingerprint density at radius 1 is 1.00 bits per heavy atom. The molecule has 0 saturated carbocycles. The fourth-order valence-electron chi connectivity index (χ4n) is 3.24. The van der Waals surface area contributed by atoms with E-state index >= 15 is 0 Å². The lowest BCUT2D eigenvalue weighted by Gasteiger charge is -2.24. The van der Waals surface area contributed by atoms with Gasteiger partial charge in [0, 0.05) is 18.1 Å². The van der Waals surface area contributed by atoms with E-state index in [-0.39, 0.29) is 11.7 Å². The monoisotopic (exact) mass is 363 g/mol. The van der Waals surface area contributed by atoms with Crippen LogP contribution in [0.2, 0.25) is 5.02 Å². The summed E-state index contributed by atoms with van der Waals surface area (Å²) in [6, 6.07) is 17.3. The van der Waals surface area contributed by atoms with Crippen molar-refractivity contribution in [2.45, 2.75) is 30.9 Å². The van der Waals surface area contributed by atoms with Gasteiger partial charge in [-0.25, -0.2) is 12.7 Å². The predicted molar refractivity (Wildman–Crippen MR) is 98.7 cm³/mol. The minimum atomic E-state index is -3.32. The van der Waals surface area contributed by atoms with Gasteiger partial charge >= 0.3 is 0 Å². The maximum atomic E-state index is 12.9. The zero-order chi connectivity index (χ0) is 17.0. The quantitative estimate of drug-likeness (QED) is 0.805. The van der Waals surface area contributed by atoms with Crippen LogP contribution in [0.5, 0.6) is 0 Å². The van der Waals surface area contributed by atoms with Gasteiger partial charge in [-0.05, 0) is 42.0 Å². The van der Waals surface area contributed by atoms with Crippen molar-refractivity contribution in [3.8, 4) is 0 Å². The Morgan fingerprint density at radius 2 is 1.71 bits per heavy atom. The molecule has 0 aliphatic carbocycles. The molecule has 1 fully saturated rings. The molecule has 1 aliphatic heterocycles. The molecule has 2 aromatic rings. The lowest BCUT2D eigenvalue weighted by Crippen LogP contribution is -2.35. The topological polar surface area (TPSA) is 37.4 Å². The summed E-state index contributed by atoms with van der Waals surface area (Å²) in [6.07, 6.45) is 3.02. The number of hydrogen-bond donors (Lipinski definition) is 0. The van der Waals surface area contributed by atoms with E-state index in [0.717, 1.165) is 24.8 Å². The fraction of sp³-hybridized carbons (Fsp3) is 0.368. The Balaban J connectivity index is 1.77. The van der Waals surface area contributed by atoms with Gasteiger partial charge in [0.25, 0.3) is 0 Å². The molecule has 0 aromatic heterocycles. The van der Waals surface area contributed by atoms with E-state index < -0.39 is 10.0 Å². The van der Waals surface area contributed by atoms with Crippen molar-refractivity contribution in [3.63, 3.8) is 0 Å². The van der Waals surface area contributed by atoms with Crippen molar-refractivity contribution in [2.75, 3.05) is 13.1 Å². The molecule has 1 unspecified atom stereocenters. The molecule has 1 saturated heterocycles. The van der Waals surface area contributed by atoms with Crippen LogP contribution >= 0.6 is 11.6 Å². The number of halogens is 1. The van der Waals surface area contributed by atoms with Crippen LogP contribution in [0.1, 0.15) is 36.3 Å². The van der Waals surface area contributed by atoms with Crippen LogP contribution in [-0.4, -0.2) is 25.8 Å². The molecular weight excluding hydrogens is 342 g/mol. The van der Waals surface area contributed by atoms with E-state index in [1.165, 1.54) is 5.56 Å². The summed E-state index contributed by atoms with van der Waals surface area (Å²) in [5.74, 6) is 0.305. The molecule has 3 nitrogen and oxygen atoms in total. The number of benzene rings is 2. The van der Waals surface area contributed by atoms with Crippen molar-refractivity contribution in [1.29, 1.82) is 0 Å². The van der Waals surface area contributed by atoms with Gasteiger partial charge in [-0.3, -0.25) is 0 Å². The van der Waals surface area contributed by atoms with Gasteiger partial charge in [0.15, 0.2) is 0 Å². The van der Waals surface area contributed by atoms with Gasteiger partial charge in [-0.1, -0.05) is 60.5 Å². The second-order valence-corrected chi connectivity index (χ2v) is 8.75. The fourth-order valence-corrected chi connectivity index (χ4v) is 4.98. The van der Waals surface area contributed by atoms with E-state index in [1.54, 1.807) is 28.6 Å². The zero-order valence-corrected chi connectivity index (χ0v) is 15.1. The van der Waals surface area contributed by atoms with E-state index in [2.05, 4.69) is 12.1 Å². The summed E-state index contributed by atoms with van der Waals surface area (Å²) in [4.78, 5) is 0. The second kappa shape index (κ2) is 7.68. The maximum Gasteiger partial charge on any atom is 0.218 e. The van der Waals surface area contributed by atoms with Crippen LogP contribution in [0.25, 0.3) is 0 Å². The van der Waals surface area contributed by atoms with Gasteiger partial charge in [-0.2, -0.15) is 0 Å². The normalized spacial score (nSPS) is 19.8. The summed E-state index contributed by atoms with van der Waals surface area (Å²) in [6.45, 7) is 1.18. The smallest absolute Gasteiger partial charge is 0.212 e. The molecule has 0 spiro atoms. The summed E-state index contributed by atoms with van der Waals surface area (Å²) >= 11 is 5.88. The van der Waals surface area contributed by atoms with Gasteiger partial charge in [0.2, 0.25) is 10.0 Å². The predicted octanol–water partition coefficient (Wildman–Crippen LogP) is 4.44. The summed E-state index contributed by atoms with van der Waals surface area (Å²) < 4.78 is 27.4. The maximum absolute atomic E-state index is 12.9. The Morgan fingerprint density at radius 3 is 2.42 bits per heavy atom. The average Bonchev–Trinajstić information content (AvgIpc) is 2.84. The zero-order valence-electron chi connectivity index (χ0n) is 13.6. The molecule has 0 bridgehead atoms. The largest absolute Gasteiger partial charge is 0.218 e. The van der Waals surface area contributed by atoms with Crippen LogP contribution in [0.15, 0.2) is 54.6 Å². The molecule has 1 heterocycles. The first-order chi connectivity index (χ1) is 11.5. The molecular formula is C19H22ClNO2S. The highest BCUT2D eigenvalue weighted by molar-refractivity contribution is 7.88.